The lowest BCUT2D eigenvalue weighted by molar-refractivity contribution is -0.145. The summed E-state index contributed by atoms with van der Waals surface area (Å²) in [4.78, 5) is 12.2. The van der Waals surface area contributed by atoms with Gasteiger partial charge in [0.15, 0.2) is 0 Å². The Bertz CT molecular complexity index is 379. The zero-order valence-corrected chi connectivity index (χ0v) is 23.3. The Kier molecular flexibility index (Phi) is 27.3. The van der Waals surface area contributed by atoms with Gasteiger partial charge in [0.05, 0.1) is 6.61 Å². The molecule has 0 aromatic heterocycles. The molecule has 0 aliphatic carbocycles. The lowest BCUT2D eigenvalue weighted by atomic mass is 9.95. The zero-order valence-electron chi connectivity index (χ0n) is 23.3. The zero-order chi connectivity index (χ0) is 24.2. The van der Waals surface area contributed by atoms with E-state index in [2.05, 4.69) is 20.8 Å². The second-order valence-corrected chi connectivity index (χ2v) is 10.6. The first-order chi connectivity index (χ1) is 16.2. The van der Waals surface area contributed by atoms with E-state index in [1.165, 1.54) is 148 Å². The average molecular weight is 467 g/mol. The number of unbranched alkanes of at least 4 members (excludes halogenated alkanes) is 19. The molecule has 198 valence electrons. The maximum absolute atomic E-state index is 12.2. The second-order valence-electron chi connectivity index (χ2n) is 10.6. The summed E-state index contributed by atoms with van der Waals surface area (Å²) in [7, 11) is 0. The number of rotatable bonds is 27. The van der Waals surface area contributed by atoms with E-state index in [1.54, 1.807) is 0 Å². The molecule has 0 rings (SSSR count). The van der Waals surface area contributed by atoms with Crippen LogP contribution >= 0.6 is 0 Å². The summed E-state index contributed by atoms with van der Waals surface area (Å²) in [5.74, 6) is 0.624. The van der Waals surface area contributed by atoms with E-state index in [1.807, 2.05) is 0 Å². The molecular formula is C31H62O2. The third kappa shape index (κ3) is 25.9. The maximum atomic E-state index is 12.2. The molecule has 2 heteroatoms. The number of esters is 1. The van der Waals surface area contributed by atoms with Crippen molar-refractivity contribution in [3.05, 3.63) is 0 Å². The van der Waals surface area contributed by atoms with E-state index < -0.39 is 0 Å². The summed E-state index contributed by atoms with van der Waals surface area (Å²) in [6, 6.07) is 0. The molecule has 0 radical (unpaired) electrons. The normalized spacial score (nSPS) is 12.2. The van der Waals surface area contributed by atoms with Crippen LogP contribution in [0.2, 0.25) is 0 Å². The lowest BCUT2D eigenvalue weighted by Crippen LogP contribution is -2.14. The number of carbonyl (C=O) groups is 1. The van der Waals surface area contributed by atoms with E-state index in [4.69, 9.17) is 4.74 Å². The average Bonchev–Trinajstić information content (AvgIpc) is 2.82. The molecule has 1 atom stereocenters. The first kappa shape index (κ1) is 32.5. The highest BCUT2D eigenvalue weighted by molar-refractivity contribution is 5.69. The van der Waals surface area contributed by atoms with Gasteiger partial charge < -0.3 is 4.74 Å². The third-order valence-electron chi connectivity index (χ3n) is 7.15. The van der Waals surface area contributed by atoms with Crippen molar-refractivity contribution in [3.63, 3.8) is 0 Å². The predicted octanol–water partition coefficient (Wildman–Crippen LogP) is 11.0. The van der Waals surface area contributed by atoms with Crippen molar-refractivity contribution in [3.8, 4) is 0 Å². The topological polar surface area (TPSA) is 26.3 Å². The molecule has 0 heterocycles. The maximum Gasteiger partial charge on any atom is 0.305 e. The summed E-state index contributed by atoms with van der Waals surface area (Å²) in [6.07, 6.45) is 32.5. The van der Waals surface area contributed by atoms with Crippen LogP contribution in [0.1, 0.15) is 181 Å². The van der Waals surface area contributed by atoms with Crippen molar-refractivity contribution >= 4 is 5.97 Å². The number of carbonyl (C=O) groups excluding carboxylic acids is 1. The Morgan fingerprint density at radius 3 is 1.27 bits per heavy atom. The Balaban J connectivity index is 3.60. The molecule has 0 aromatic rings. The molecule has 0 saturated carbocycles. The molecule has 0 spiro atoms. The first-order valence-electron chi connectivity index (χ1n) is 15.4. The number of hydrogen-bond donors (Lipinski definition) is 0. The summed E-state index contributed by atoms with van der Waals surface area (Å²) in [5, 5.41) is 0. The van der Waals surface area contributed by atoms with Crippen LogP contribution in [-0.4, -0.2) is 12.6 Å². The Morgan fingerprint density at radius 2 is 0.818 bits per heavy atom. The lowest BCUT2D eigenvalue weighted by Gasteiger charge is -2.17. The van der Waals surface area contributed by atoms with E-state index in [-0.39, 0.29) is 5.97 Å². The molecule has 0 aliphatic rings. The van der Waals surface area contributed by atoms with Gasteiger partial charge in [-0.05, 0) is 25.2 Å². The Morgan fingerprint density at radius 1 is 0.485 bits per heavy atom. The fourth-order valence-corrected chi connectivity index (χ4v) is 4.78. The minimum Gasteiger partial charge on any atom is -0.465 e. The van der Waals surface area contributed by atoms with Crippen LogP contribution in [0.15, 0.2) is 0 Å². The standard InChI is InChI=1S/C31H62O2/c1-4-7-10-12-13-14-15-16-17-18-19-20-22-25-28-31(32)33-29-30(26-23-9-6-3)27-24-21-11-8-5-2/h30H,4-29H2,1-3H3. The Hall–Kier alpha value is -0.530. The molecule has 0 bridgehead atoms. The molecular weight excluding hydrogens is 404 g/mol. The van der Waals surface area contributed by atoms with Crippen molar-refractivity contribution in [1.82, 2.24) is 0 Å². The van der Waals surface area contributed by atoms with Crippen LogP contribution in [0.4, 0.5) is 0 Å². The minimum atomic E-state index is 0.0420. The Labute approximate surface area is 209 Å². The fourth-order valence-electron chi connectivity index (χ4n) is 4.78. The van der Waals surface area contributed by atoms with Gasteiger partial charge in [-0.3, -0.25) is 4.79 Å². The molecule has 0 aliphatic heterocycles. The monoisotopic (exact) mass is 466 g/mol. The molecule has 0 amide bonds. The van der Waals surface area contributed by atoms with Gasteiger partial charge in [-0.15, -0.1) is 0 Å². The van der Waals surface area contributed by atoms with Crippen LogP contribution in [0.25, 0.3) is 0 Å². The van der Waals surface area contributed by atoms with Crippen LogP contribution in [0.5, 0.6) is 0 Å². The quantitative estimate of drug-likeness (QED) is 0.0888. The van der Waals surface area contributed by atoms with Crippen LogP contribution in [-0.2, 0) is 9.53 Å². The highest BCUT2D eigenvalue weighted by Gasteiger charge is 2.12. The van der Waals surface area contributed by atoms with Crippen molar-refractivity contribution in [2.75, 3.05) is 6.61 Å². The number of ether oxygens (including phenoxy) is 1. The van der Waals surface area contributed by atoms with Crippen LogP contribution < -0.4 is 0 Å². The van der Waals surface area contributed by atoms with E-state index >= 15 is 0 Å². The minimum absolute atomic E-state index is 0.0420. The fraction of sp³-hybridized carbons (Fsp3) is 0.968. The largest absolute Gasteiger partial charge is 0.465 e. The van der Waals surface area contributed by atoms with E-state index in [0.29, 0.717) is 18.9 Å². The van der Waals surface area contributed by atoms with Gasteiger partial charge in [-0.2, -0.15) is 0 Å². The van der Waals surface area contributed by atoms with Gasteiger partial charge in [0, 0.05) is 6.42 Å². The van der Waals surface area contributed by atoms with Crippen molar-refractivity contribution < 1.29 is 9.53 Å². The van der Waals surface area contributed by atoms with Gasteiger partial charge in [-0.25, -0.2) is 0 Å². The van der Waals surface area contributed by atoms with Crippen LogP contribution in [0.3, 0.4) is 0 Å². The first-order valence-corrected chi connectivity index (χ1v) is 15.4. The number of hydrogen-bond acceptors (Lipinski definition) is 2. The second kappa shape index (κ2) is 27.7. The van der Waals surface area contributed by atoms with E-state index in [0.717, 1.165) is 6.42 Å². The highest BCUT2D eigenvalue weighted by atomic mass is 16.5. The summed E-state index contributed by atoms with van der Waals surface area (Å²) < 4.78 is 5.69. The van der Waals surface area contributed by atoms with Crippen molar-refractivity contribution in [2.45, 2.75) is 181 Å². The summed E-state index contributed by atoms with van der Waals surface area (Å²) in [6.45, 7) is 7.48. The van der Waals surface area contributed by atoms with Gasteiger partial charge in [-0.1, -0.05) is 156 Å². The molecule has 0 aromatic carbocycles. The SMILES string of the molecule is CCCCCCCCCCCCCCCCC(=O)OCC(CCCCC)CCCCCCC. The van der Waals surface area contributed by atoms with Crippen molar-refractivity contribution in [2.24, 2.45) is 5.92 Å². The molecule has 2 nitrogen and oxygen atoms in total. The predicted molar refractivity (Wildman–Crippen MR) is 147 cm³/mol. The highest BCUT2D eigenvalue weighted by Crippen LogP contribution is 2.19. The van der Waals surface area contributed by atoms with Gasteiger partial charge in [0.2, 0.25) is 0 Å². The molecule has 0 saturated heterocycles. The van der Waals surface area contributed by atoms with Gasteiger partial charge >= 0.3 is 5.97 Å². The smallest absolute Gasteiger partial charge is 0.305 e. The molecule has 1 unspecified atom stereocenters. The van der Waals surface area contributed by atoms with Gasteiger partial charge in [0.1, 0.15) is 0 Å². The third-order valence-corrected chi connectivity index (χ3v) is 7.15. The molecule has 33 heavy (non-hydrogen) atoms. The summed E-state index contributed by atoms with van der Waals surface area (Å²) in [5.41, 5.74) is 0. The van der Waals surface area contributed by atoms with Crippen LogP contribution in [0, 0.1) is 5.92 Å². The molecule has 0 fully saturated rings. The molecule has 0 N–H and O–H groups in total. The van der Waals surface area contributed by atoms with Crippen molar-refractivity contribution in [1.29, 1.82) is 0 Å². The van der Waals surface area contributed by atoms with E-state index in [9.17, 15) is 4.79 Å². The summed E-state index contributed by atoms with van der Waals surface area (Å²) >= 11 is 0. The van der Waals surface area contributed by atoms with Gasteiger partial charge in [0.25, 0.3) is 0 Å².